The lowest BCUT2D eigenvalue weighted by Crippen LogP contribution is -2.42. The Morgan fingerprint density at radius 3 is 2.73 bits per heavy atom. The van der Waals surface area contributed by atoms with Gasteiger partial charge in [0.2, 0.25) is 0 Å². The Labute approximate surface area is 184 Å². The molecule has 3 rings (SSSR count). The molecular formula is C22H30BClO5S. The summed E-state index contributed by atoms with van der Waals surface area (Å²) in [7, 11) is -4.34. The van der Waals surface area contributed by atoms with Crippen LogP contribution in [-0.4, -0.2) is 42.8 Å². The number of phenolic OH excluding ortho intramolecular Hbond substituents is 1. The summed E-state index contributed by atoms with van der Waals surface area (Å²) in [5, 5.41) is 19.6. The highest BCUT2D eigenvalue weighted by atomic mass is 35.5. The molecule has 1 aromatic rings. The van der Waals surface area contributed by atoms with Gasteiger partial charge in [0.1, 0.15) is 5.75 Å². The second kappa shape index (κ2) is 9.47. The molecule has 164 valence electrons. The minimum absolute atomic E-state index is 0.0675. The summed E-state index contributed by atoms with van der Waals surface area (Å²) in [4.78, 5) is 0. The summed E-state index contributed by atoms with van der Waals surface area (Å²) in [6.07, 6.45) is 4.91. The number of hydrogen-bond donors (Lipinski definition) is 2. The fourth-order valence-corrected chi connectivity index (χ4v) is 6.99. The second-order valence-electron chi connectivity index (χ2n) is 8.54. The van der Waals surface area contributed by atoms with Gasteiger partial charge >= 0.3 is 7.12 Å². The van der Waals surface area contributed by atoms with E-state index in [2.05, 4.69) is 6.92 Å². The maximum atomic E-state index is 12.7. The first-order valence-corrected chi connectivity index (χ1v) is 12.7. The van der Waals surface area contributed by atoms with Crippen LogP contribution in [0.4, 0.5) is 0 Å². The van der Waals surface area contributed by atoms with Crippen molar-refractivity contribution < 1.29 is 23.2 Å². The number of phenols is 1. The van der Waals surface area contributed by atoms with Crippen LogP contribution in [-0.2, 0) is 14.5 Å². The van der Waals surface area contributed by atoms with Crippen molar-refractivity contribution in [1.82, 2.24) is 0 Å². The molecule has 0 radical (unpaired) electrons. The van der Waals surface area contributed by atoms with Gasteiger partial charge in [-0.15, -0.1) is 0 Å². The number of hydrogen-bond acceptors (Lipinski definition) is 5. The largest absolute Gasteiger partial charge is 0.508 e. The normalized spacial score (nSPS) is 23.9. The van der Waals surface area contributed by atoms with Crippen molar-refractivity contribution in [3.8, 4) is 5.75 Å². The van der Waals surface area contributed by atoms with Crippen LogP contribution < -0.4 is 0 Å². The molecule has 2 aliphatic rings. The Balaban J connectivity index is 1.85. The van der Waals surface area contributed by atoms with Crippen molar-refractivity contribution in [2.24, 2.45) is 5.92 Å². The predicted molar refractivity (Wildman–Crippen MR) is 122 cm³/mol. The van der Waals surface area contributed by atoms with E-state index >= 15 is 0 Å². The van der Waals surface area contributed by atoms with Gasteiger partial charge in [-0.3, -0.25) is 0 Å². The molecular weight excluding hydrogens is 423 g/mol. The van der Waals surface area contributed by atoms with E-state index in [4.69, 9.17) is 16.3 Å². The van der Waals surface area contributed by atoms with Crippen molar-refractivity contribution in [3.05, 3.63) is 45.5 Å². The summed E-state index contributed by atoms with van der Waals surface area (Å²) in [5.41, 5.74) is 3.83. The fourth-order valence-electron chi connectivity index (χ4n) is 4.47. The molecule has 8 heteroatoms. The van der Waals surface area contributed by atoms with Crippen molar-refractivity contribution in [2.75, 3.05) is 5.75 Å². The minimum Gasteiger partial charge on any atom is -0.508 e. The molecule has 0 unspecified atom stereocenters. The van der Waals surface area contributed by atoms with Crippen LogP contribution in [0.3, 0.4) is 0 Å². The van der Waals surface area contributed by atoms with Crippen LogP contribution in [0.5, 0.6) is 5.75 Å². The Kier molecular flexibility index (Phi) is 7.38. The number of halogens is 1. The van der Waals surface area contributed by atoms with Gasteiger partial charge in [-0.1, -0.05) is 50.4 Å². The quantitative estimate of drug-likeness (QED) is 0.465. The summed E-state index contributed by atoms with van der Waals surface area (Å²) < 4.78 is 31.2. The van der Waals surface area contributed by atoms with Crippen LogP contribution in [0.25, 0.3) is 6.08 Å². The number of aromatic hydroxyl groups is 1. The van der Waals surface area contributed by atoms with E-state index < -0.39 is 28.3 Å². The molecule has 1 fully saturated rings. The van der Waals surface area contributed by atoms with Crippen molar-refractivity contribution in [3.63, 3.8) is 0 Å². The third-order valence-electron chi connectivity index (χ3n) is 5.93. The van der Waals surface area contributed by atoms with Crippen LogP contribution in [0, 0.1) is 5.92 Å². The minimum atomic E-state index is -3.28. The van der Waals surface area contributed by atoms with E-state index in [0.717, 1.165) is 29.6 Å². The van der Waals surface area contributed by atoms with Crippen LogP contribution >= 0.6 is 11.6 Å². The summed E-state index contributed by atoms with van der Waals surface area (Å²) in [6.45, 7) is 6.13. The van der Waals surface area contributed by atoms with Gasteiger partial charge < -0.3 is 14.8 Å². The molecule has 2 heterocycles. The summed E-state index contributed by atoms with van der Waals surface area (Å²) in [6, 6.07) is 4.91. The first-order valence-electron chi connectivity index (χ1n) is 10.6. The Morgan fingerprint density at radius 1 is 1.37 bits per heavy atom. The van der Waals surface area contributed by atoms with Crippen LogP contribution in [0.2, 0.25) is 11.3 Å². The summed E-state index contributed by atoms with van der Waals surface area (Å²) in [5.74, 6) is 0.320. The molecule has 0 saturated carbocycles. The molecule has 2 aliphatic heterocycles. The SMILES string of the molecule is CCC/C(=C\c1ccc(O)cc1Cl)CC[C@H]1OB(O)C[C@H]2C1=C(C(C)C)CS2(=O)=O. The van der Waals surface area contributed by atoms with Crippen molar-refractivity contribution in [2.45, 2.75) is 64.1 Å². The Hall–Kier alpha value is -1.28. The molecule has 0 aliphatic carbocycles. The zero-order valence-electron chi connectivity index (χ0n) is 17.8. The van der Waals surface area contributed by atoms with E-state index in [-0.39, 0.29) is 23.7 Å². The first-order chi connectivity index (χ1) is 14.1. The van der Waals surface area contributed by atoms with Gasteiger partial charge in [0.25, 0.3) is 0 Å². The van der Waals surface area contributed by atoms with Crippen LogP contribution in [0.1, 0.15) is 52.0 Å². The lowest BCUT2D eigenvalue weighted by Gasteiger charge is -2.32. The predicted octanol–water partition coefficient (Wildman–Crippen LogP) is 4.64. The Morgan fingerprint density at radius 2 is 2.10 bits per heavy atom. The van der Waals surface area contributed by atoms with Crippen molar-refractivity contribution in [1.29, 1.82) is 0 Å². The third kappa shape index (κ3) is 5.13. The topological polar surface area (TPSA) is 83.8 Å². The molecule has 0 bridgehead atoms. The molecule has 5 nitrogen and oxygen atoms in total. The standard InChI is InChI=1S/C22H30BClO5S/c1-4-5-15(10-16-7-8-17(25)11-19(16)24)6-9-20-22-18(14(2)3)13-30(27,28)21(22)12-23(26)29-20/h7-8,10-11,14,20-21,25-26H,4-6,9,12-13H2,1-3H3/b15-10+/t20-,21+/m1/s1. The zero-order valence-corrected chi connectivity index (χ0v) is 19.3. The van der Waals surface area contributed by atoms with Crippen molar-refractivity contribution >= 4 is 34.6 Å². The second-order valence-corrected chi connectivity index (χ2v) is 11.1. The lowest BCUT2D eigenvalue weighted by atomic mass is 9.73. The highest BCUT2D eigenvalue weighted by Gasteiger charge is 2.48. The molecule has 2 atom stereocenters. The average molecular weight is 453 g/mol. The Bertz CT molecular complexity index is 954. The number of allylic oxidation sites excluding steroid dienone is 1. The molecule has 0 amide bonds. The number of rotatable bonds is 7. The van der Waals surface area contributed by atoms with Crippen LogP contribution in [0.15, 0.2) is 34.9 Å². The highest BCUT2D eigenvalue weighted by molar-refractivity contribution is 7.92. The van der Waals surface area contributed by atoms with Gasteiger partial charge in [0, 0.05) is 6.32 Å². The van der Waals surface area contributed by atoms with Gasteiger partial charge in [-0.2, -0.15) is 0 Å². The fraction of sp³-hybridized carbons (Fsp3) is 0.545. The zero-order chi connectivity index (χ0) is 22.1. The number of fused-ring (bicyclic) bond motifs is 1. The van der Waals surface area contributed by atoms with Gasteiger partial charge in [-0.25, -0.2) is 8.42 Å². The van der Waals surface area contributed by atoms with Gasteiger partial charge in [0.15, 0.2) is 9.84 Å². The number of sulfone groups is 1. The van der Waals surface area contributed by atoms with Gasteiger partial charge in [-0.05, 0) is 60.1 Å². The van der Waals surface area contributed by atoms with E-state index in [0.29, 0.717) is 17.9 Å². The molecule has 2 N–H and O–H groups in total. The van der Waals surface area contributed by atoms with E-state index in [1.807, 2.05) is 19.9 Å². The van der Waals surface area contributed by atoms with Gasteiger partial charge in [0.05, 0.1) is 22.1 Å². The van der Waals surface area contributed by atoms with E-state index in [1.54, 1.807) is 12.1 Å². The third-order valence-corrected chi connectivity index (χ3v) is 8.29. The smallest absolute Gasteiger partial charge is 0.456 e. The molecule has 30 heavy (non-hydrogen) atoms. The molecule has 1 saturated heterocycles. The number of benzene rings is 1. The average Bonchev–Trinajstić information content (AvgIpc) is 2.93. The lowest BCUT2D eigenvalue weighted by molar-refractivity contribution is 0.169. The van der Waals surface area contributed by atoms with E-state index in [1.165, 1.54) is 11.6 Å². The first kappa shape index (κ1) is 23.4. The molecule has 1 aromatic carbocycles. The maximum absolute atomic E-state index is 12.7. The molecule has 0 aromatic heterocycles. The monoisotopic (exact) mass is 452 g/mol. The van der Waals surface area contributed by atoms with E-state index in [9.17, 15) is 18.5 Å². The highest BCUT2D eigenvalue weighted by Crippen LogP contribution is 2.42. The summed E-state index contributed by atoms with van der Waals surface area (Å²) >= 11 is 6.26. The molecule has 0 spiro atoms. The maximum Gasteiger partial charge on any atom is 0.456 e.